The summed E-state index contributed by atoms with van der Waals surface area (Å²) < 4.78 is 1.07. The summed E-state index contributed by atoms with van der Waals surface area (Å²) in [6.07, 6.45) is 0. The maximum atomic E-state index is 5.35. The molecular weight excluding hydrogens is 188 g/mol. The van der Waals surface area contributed by atoms with Crippen molar-refractivity contribution in [3.8, 4) is 11.1 Å². The van der Waals surface area contributed by atoms with Crippen LogP contribution in [0.1, 0.15) is 26.3 Å². The second-order valence-corrected chi connectivity index (χ2v) is 5.10. The third-order valence-corrected chi connectivity index (χ3v) is 2.86. The minimum absolute atomic E-state index is 0.197. The second-order valence-electron chi connectivity index (χ2n) is 4.70. The first-order valence-electron chi connectivity index (χ1n) is 4.86. The van der Waals surface area contributed by atoms with E-state index in [0.717, 1.165) is 4.51 Å². The first-order valence-corrected chi connectivity index (χ1v) is 5.27. The molecule has 2 rings (SSSR count). The van der Waals surface area contributed by atoms with Crippen molar-refractivity contribution in [2.75, 3.05) is 0 Å². The van der Waals surface area contributed by atoms with Gasteiger partial charge < -0.3 is 0 Å². The lowest BCUT2D eigenvalue weighted by Gasteiger charge is -2.12. The highest BCUT2D eigenvalue weighted by Crippen LogP contribution is 2.43. The van der Waals surface area contributed by atoms with Gasteiger partial charge in [0.1, 0.15) is 0 Å². The Morgan fingerprint density at radius 2 is 1.57 bits per heavy atom. The van der Waals surface area contributed by atoms with E-state index in [1.165, 1.54) is 16.7 Å². The highest BCUT2D eigenvalue weighted by Gasteiger charge is 2.29. The van der Waals surface area contributed by atoms with Crippen LogP contribution >= 0.6 is 12.2 Å². The molecule has 0 aliphatic rings. The molecule has 0 heterocycles. The molecule has 0 saturated carbocycles. The van der Waals surface area contributed by atoms with E-state index in [-0.39, 0.29) is 5.41 Å². The van der Waals surface area contributed by atoms with Gasteiger partial charge in [-0.3, -0.25) is 0 Å². The Labute approximate surface area is 90.3 Å². The molecule has 0 nitrogen and oxygen atoms in total. The first-order chi connectivity index (χ1) is 6.52. The second kappa shape index (κ2) is 3.03. The standard InChI is InChI=1S/C13H14S/c1-13(2,3)11-10(12(11)14)9-7-5-4-6-8-9/h4-8H,1-3H3. The van der Waals surface area contributed by atoms with Crippen molar-refractivity contribution < 1.29 is 0 Å². The molecule has 0 atom stereocenters. The van der Waals surface area contributed by atoms with Crippen LogP contribution in [0, 0.1) is 4.51 Å². The number of rotatable bonds is 1. The Balaban J connectivity index is 2.43. The normalized spacial score (nSPS) is 12.2. The van der Waals surface area contributed by atoms with Crippen molar-refractivity contribution in [1.82, 2.24) is 0 Å². The zero-order valence-corrected chi connectivity index (χ0v) is 9.61. The zero-order valence-electron chi connectivity index (χ0n) is 8.79. The van der Waals surface area contributed by atoms with Crippen molar-refractivity contribution in [3.63, 3.8) is 0 Å². The fourth-order valence-electron chi connectivity index (χ4n) is 1.77. The molecule has 2 aromatic rings. The molecule has 0 aliphatic heterocycles. The molecule has 0 aliphatic carbocycles. The van der Waals surface area contributed by atoms with Crippen LogP contribution in [0.25, 0.3) is 11.1 Å². The summed E-state index contributed by atoms with van der Waals surface area (Å²) in [6.45, 7) is 6.64. The van der Waals surface area contributed by atoms with Crippen molar-refractivity contribution in [3.05, 3.63) is 40.4 Å². The molecule has 14 heavy (non-hydrogen) atoms. The summed E-state index contributed by atoms with van der Waals surface area (Å²) >= 11 is 5.35. The number of hydrogen-bond donors (Lipinski definition) is 0. The minimum Gasteiger partial charge on any atom is -0.0791 e. The van der Waals surface area contributed by atoms with Gasteiger partial charge in [0.2, 0.25) is 0 Å². The summed E-state index contributed by atoms with van der Waals surface area (Å²) in [5.74, 6) is 0. The molecule has 0 bridgehead atoms. The van der Waals surface area contributed by atoms with Crippen LogP contribution in [0.5, 0.6) is 0 Å². The van der Waals surface area contributed by atoms with Gasteiger partial charge in [-0.15, -0.1) is 0 Å². The van der Waals surface area contributed by atoms with Crippen LogP contribution in [-0.2, 0) is 5.41 Å². The van der Waals surface area contributed by atoms with E-state index in [1.54, 1.807) is 0 Å². The molecule has 0 spiro atoms. The summed E-state index contributed by atoms with van der Waals surface area (Å²) in [5.41, 5.74) is 4.12. The predicted octanol–water partition coefficient (Wildman–Crippen LogP) is 4.26. The zero-order chi connectivity index (χ0) is 10.3. The van der Waals surface area contributed by atoms with E-state index in [1.807, 2.05) is 6.07 Å². The van der Waals surface area contributed by atoms with Gasteiger partial charge in [0, 0.05) is 5.56 Å². The van der Waals surface area contributed by atoms with E-state index in [9.17, 15) is 0 Å². The molecule has 0 aromatic heterocycles. The van der Waals surface area contributed by atoms with Gasteiger partial charge in [0.15, 0.2) is 0 Å². The quantitative estimate of drug-likeness (QED) is 0.623. The van der Waals surface area contributed by atoms with Gasteiger partial charge in [0.25, 0.3) is 0 Å². The van der Waals surface area contributed by atoms with Crippen LogP contribution in [-0.4, -0.2) is 0 Å². The first kappa shape index (κ1) is 9.60. The van der Waals surface area contributed by atoms with E-state index in [4.69, 9.17) is 12.2 Å². The van der Waals surface area contributed by atoms with E-state index >= 15 is 0 Å². The van der Waals surface area contributed by atoms with Gasteiger partial charge >= 0.3 is 0 Å². The van der Waals surface area contributed by atoms with Crippen LogP contribution < -0.4 is 0 Å². The van der Waals surface area contributed by atoms with Crippen molar-refractivity contribution in [1.29, 1.82) is 0 Å². The molecule has 1 heteroatoms. The summed E-state index contributed by atoms with van der Waals surface area (Å²) in [5, 5.41) is 0. The molecule has 0 fully saturated rings. The average Bonchev–Trinajstić information content (AvgIpc) is 2.78. The largest absolute Gasteiger partial charge is 0.0791 e. The fraction of sp³-hybridized carbons (Fsp3) is 0.308. The molecular formula is C13H14S. The van der Waals surface area contributed by atoms with Crippen molar-refractivity contribution >= 4 is 12.2 Å². The monoisotopic (exact) mass is 202 g/mol. The predicted molar refractivity (Wildman–Crippen MR) is 63.8 cm³/mol. The molecule has 72 valence electrons. The van der Waals surface area contributed by atoms with Gasteiger partial charge in [0.05, 0.1) is 4.51 Å². The SMILES string of the molecule is CC(C)(C)c1c(-c2ccccc2)c1=S. The molecule has 0 saturated heterocycles. The van der Waals surface area contributed by atoms with Crippen LogP contribution in [0.15, 0.2) is 30.3 Å². The van der Waals surface area contributed by atoms with Crippen molar-refractivity contribution in [2.45, 2.75) is 26.2 Å². The number of benzene rings is 1. The molecule has 0 unspecified atom stereocenters. The third-order valence-electron chi connectivity index (χ3n) is 2.45. The average molecular weight is 202 g/mol. The Morgan fingerprint density at radius 3 is 2.00 bits per heavy atom. The van der Waals surface area contributed by atoms with Gasteiger partial charge in [-0.25, -0.2) is 0 Å². The van der Waals surface area contributed by atoms with E-state index in [0.29, 0.717) is 0 Å². The summed E-state index contributed by atoms with van der Waals surface area (Å²) in [7, 11) is 0. The van der Waals surface area contributed by atoms with E-state index < -0.39 is 0 Å². The summed E-state index contributed by atoms with van der Waals surface area (Å²) in [4.78, 5) is 0. The molecule has 0 amide bonds. The van der Waals surface area contributed by atoms with Gasteiger partial charge in [-0.2, -0.15) is 0 Å². The third kappa shape index (κ3) is 1.53. The van der Waals surface area contributed by atoms with Gasteiger partial charge in [-0.05, 0) is 16.5 Å². The van der Waals surface area contributed by atoms with Crippen molar-refractivity contribution in [2.24, 2.45) is 0 Å². The fourth-order valence-corrected chi connectivity index (χ4v) is 2.34. The Morgan fingerprint density at radius 1 is 1.00 bits per heavy atom. The Kier molecular flexibility index (Phi) is 2.07. The minimum atomic E-state index is 0.197. The van der Waals surface area contributed by atoms with E-state index in [2.05, 4.69) is 45.0 Å². The highest BCUT2D eigenvalue weighted by atomic mass is 32.1. The van der Waals surface area contributed by atoms with Crippen LogP contribution in [0.3, 0.4) is 0 Å². The van der Waals surface area contributed by atoms with Crippen LogP contribution in [0.2, 0.25) is 0 Å². The smallest absolute Gasteiger partial charge is 0.0503 e. The topological polar surface area (TPSA) is 0 Å². The maximum Gasteiger partial charge on any atom is 0.0503 e. The molecule has 0 radical (unpaired) electrons. The molecule has 2 aromatic carbocycles. The highest BCUT2D eigenvalue weighted by molar-refractivity contribution is 7.72. The molecule has 0 N–H and O–H groups in total. The van der Waals surface area contributed by atoms with Gasteiger partial charge in [-0.1, -0.05) is 63.3 Å². The Hall–Kier alpha value is -0.950. The lowest BCUT2D eigenvalue weighted by atomic mass is 9.92. The lowest BCUT2D eigenvalue weighted by Crippen LogP contribution is -2.05. The maximum absolute atomic E-state index is 5.35. The van der Waals surface area contributed by atoms with Crippen LogP contribution in [0.4, 0.5) is 0 Å². The lowest BCUT2D eigenvalue weighted by molar-refractivity contribution is 0.604. The Bertz CT molecular complexity index is 451. The summed E-state index contributed by atoms with van der Waals surface area (Å²) in [6, 6.07) is 10.4. The number of hydrogen-bond acceptors (Lipinski definition) is 1.